The highest BCUT2D eigenvalue weighted by atomic mass is 16.1. The summed E-state index contributed by atoms with van der Waals surface area (Å²) in [4.78, 5) is 20.9. The van der Waals surface area contributed by atoms with Crippen LogP contribution in [0.15, 0.2) is 54.2 Å². The summed E-state index contributed by atoms with van der Waals surface area (Å²) in [7, 11) is 0. The summed E-state index contributed by atoms with van der Waals surface area (Å²) in [5.74, 6) is 0.309. The minimum Gasteiger partial charge on any atom is -0.350 e. The molecule has 3 rings (SSSR count). The van der Waals surface area contributed by atoms with Crippen LogP contribution in [-0.4, -0.2) is 22.4 Å². The quantitative estimate of drug-likeness (QED) is 0.732. The number of hydrogen-bond donors (Lipinski definition) is 2. The number of benzene rings is 1. The Bertz CT molecular complexity index is 758. The molecule has 0 saturated heterocycles. The first-order valence-electron chi connectivity index (χ1n) is 9.33. The fraction of sp³-hybridized carbons (Fsp3) is 0.381. The summed E-state index contributed by atoms with van der Waals surface area (Å²) >= 11 is 0. The van der Waals surface area contributed by atoms with Gasteiger partial charge in [-0.25, -0.2) is 9.97 Å². The summed E-state index contributed by atoms with van der Waals surface area (Å²) in [5.41, 5.74) is 2.99. The maximum absolute atomic E-state index is 12.3. The monoisotopic (exact) mass is 350 g/mol. The van der Waals surface area contributed by atoms with Crippen molar-refractivity contribution >= 4 is 11.9 Å². The Morgan fingerprint density at radius 1 is 1.19 bits per heavy atom. The van der Waals surface area contributed by atoms with E-state index in [1.165, 1.54) is 24.8 Å². The van der Waals surface area contributed by atoms with Crippen molar-refractivity contribution in [3.8, 4) is 0 Å². The predicted molar refractivity (Wildman–Crippen MR) is 104 cm³/mol. The van der Waals surface area contributed by atoms with Crippen LogP contribution < -0.4 is 10.6 Å². The van der Waals surface area contributed by atoms with E-state index >= 15 is 0 Å². The summed E-state index contributed by atoms with van der Waals surface area (Å²) in [6.45, 7) is 2.70. The van der Waals surface area contributed by atoms with E-state index in [1.54, 1.807) is 12.3 Å². The lowest BCUT2D eigenvalue weighted by Crippen LogP contribution is -2.26. The Kier molecular flexibility index (Phi) is 6.36. The molecule has 1 aromatic heterocycles. The highest BCUT2D eigenvalue weighted by molar-refractivity contribution is 5.92. The largest absolute Gasteiger partial charge is 0.350 e. The van der Waals surface area contributed by atoms with Gasteiger partial charge in [-0.2, -0.15) is 0 Å². The number of allylic oxidation sites excluding steroid dienone is 1. The van der Waals surface area contributed by atoms with E-state index in [4.69, 9.17) is 0 Å². The molecule has 1 aliphatic rings. The van der Waals surface area contributed by atoms with Crippen LogP contribution in [0.2, 0.25) is 0 Å². The zero-order valence-corrected chi connectivity index (χ0v) is 15.2. The second kappa shape index (κ2) is 9.13. The topological polar surface area (TPSA) is 66.9 Å². The van der Waals surface area contributed by atoms with Crippen LogP contribution in [0, 0.1) is 0 Å². The first kappa shape index (κ1) is 18.1. The van der Waals surface area contributed by atoms with Gasteiger partial charge < -0.3 is 10.6 Å². The van der Waals surface area contributed by atoms with Gasteiger partial charge in [0.1, 0.15) is 5.69 Å². The van der Waals surface area contributed by atoms with Gasteiger partial charge in [0, 0.05) is 12.7 Å². The van der Waals surface area contributed by atoms with E-state index in [1.807, 2.05) is 37.3 Å². The molecule has 26 heavy (non-hydrogen) atoms. The third kappa shape index (κ3) is 5.15. The minimum atomic E-state index is -0.153. The van der Waals surface area contributed by atoms with Crippen LogP contribution in [0.4, 0.5) is 5.95 Å². The van der Waals surface area contributed by atoms with Gasteiger partial charge in [-0.1, -0.05) is 42.0 Å². The molecule has 1 aromatic carbocycles. The molecule has 0 fully saturated rings. The molecule has 5 nitrogen and oxygen atoms in total. The van der Waals surface area contributed by atoms with Crippen LogP contribution in [0.25, 0.3) is 0 Å². The number of rotatable bonds is 7. The molecule has 1 unspecified atom stereocenters. The Hall–Kier alpha value is -2.69. The van der Waals surface area contributed by atoms with Crippen molar-refractivity contribution in [2.75, 3.05) is 11.9 Å². The van der Waals surface area contributed by atoms with Crippen molar-refractivity contribution in [2.45, 2.75) is 45.1 Å². The zero-order chi connectivity index (χ0) is 18.2. The van der Waals surface area contributed by atoms with Crippen molar-refractivity contribution in [1.82, 2.24) is 15.3 Å². The smallest absolute Gasteiger partial charge is 0.270 e. The van der Waals surface area contributed by atoms with Gasteiger partial charge in [-0.05, 0) is 50.7 Å². The maximum atomic E-state index is 12.3. The van der Waals surface area contributed by atoms with Crippen LogP contribution in [-0.2, 0) is 0 Å². The zero-order valence-electron chi connectivity index (χ0n) is 15.2. The molecule has 0 bridgehead atoms. The van der Waals surface area contributed by atoms with Gasteiger partial charge in [0.25, 0.3) is 5.91 Å². The van der Waals surface area contributed by atoms with E-state index < -0.39 is 0 Å². The Balaban J connectivity index is 1.54. The number of carbonyl (C=O) groups excluding carboxylic acids is 1. The van der Waals surface area contributed by atoms with Crippen LogP contribution in [0.5, 0.6) is 0 Å². The van der Waals surface area contributed by atoms with Crippen molar-refractivity contribution < 1.29 is 4.79 Å². The van der Waals surface area contributed by atoms with Gasteiger partial charge >= 0.3 is 0 Å². The van der Waals surface area contributed by atoms with E-state index in [2.05, 4.69) is 26.7 Å². The molecule has 0 aliphatic heterocycles. The first-order chi connectivity index (χ1) is 12.7. The lowest BCUT2D eigenvalue weighted by Gasteiger charge is -2.15. The molecule has 0 saturated carbocycles. The van der Waals surface area contributed by atoms with Crippen molar-refractivity contribution in [2.24, 2.45) is 0 Å². The average Bonchev–Trinajstić information content (AvgIpc) is 2.69. The standard InChI is InChI=1S/C21H26N4O/c1-16(18-10-6-3-7-11-18)24-21-23-15-13-19(25-21)20(26)22-14-12-17-8-4-2-5-9-17/h3,6-8,10-11,13,15-16H,2,4-5,9,12,14H2,1H3,(H,22,26)(H,23,24,25). The van der Waals surface area contributed by atoms with Crippen LogP contribution >= 0.6 is 0 Å². The number of nitrogens with zero attached hydrogens (tertiary/aromatic N) is 2. The molecule has 2 aromatic rings. The van der Waals surface area contributed by atoms with Gasteiger partial charge in [-0.15, -0.1) is 0 Å². The molecule has 136 valence electrons. The van der Waals surface area contributed by atoms with E-state index in [0.29, 0.717) is 18.2 Å². The molecule has 2 N–H and O–H groups in total. The first-order valence-corrected chi connectivity index (χ1v) is 9.33. The number of aromatic nitrogens is 2. The van der Waals surface area contributed by atoms with Crippen LogP contribution in [0.3, 0.4) is 0 Å². The second-order valence-corrected chi connectivity index (χ2v) is 6.66. The molecular weight excluding hydrogens is 324 g/mol. The molecule has 0 radical (unpaired) electrons. The normalized spacial score (nSPS) is 15.0. The molecule has 1 aliphatic carbocycles. The molecule has 5 heteroatoms. The molecular formula is C21H26N4O. The van der Waals surface area contributed by atoms with E-state index in [-0.39, 0.29) is 11.9 Å². The fourth-order valence-electron chi connectivity index (χ4n) is 3.13. The van der Waals surface area contributed by atoms with Gasteiger partial charge in [0.05, 0.1) is 6.04 Å². The molecule has 1 atom stereocenters. The summed E-state index contributed by atoms with van der Waals surface area (Å²) in [5, 5.41) is 6.21. The number of anilines is 1. The van der Waals surface area contributed by atoms with Gasteiger partial charge in [-0.3, -0.25) is 4.79 Å². The second-order valence-electron chi connectivity index (χ2n) is 6.66. The van der Waals surface area contributed by atoms with Crippen LogP contribution in [0.1, 0.15) is 61.1 Å². The minimum absolute atomic E-state index is 0.0627. The third-order valence-electron chi connectivity index (χ3n) is 4.65. The third-order valence-corrected chi connectivity index (χ3v) is 4.65. The number of nitrogens with one attached hydrogen (secondary N) is 2. The fourth-order valence-corrected chi connectivity index (χ4v) is 3.13. The average molecular weight is 350 g/mol. The summed E-state index contributed by atoms with van der Waals surface area (Å²) in [6, 6.07) is 11.8. The number of amides is 1. The van der Waals surface area contributed by atoms with Gasteiger partial charge in [0.15, 0.2) is 0 Å². The lowest BCUT2D eigenvalue weighted by molar-refractivity contribution is 0.0949. The highest BCUT2D eigenvalue weighted by Gasteiger charge is 2.11. The SMILES string of the molecule is CC(Nc1nccc(C(=O)NCCC2=CCCCC2)n1)c1ccccc1. The summed E-state index contributed by atoms with van der Waals surface area (Å²) < 4.78 is 0. The van der Waals surface area contributed by atoms with E-state index in [9.17, 15) is 4.79 Å². The summed E-state index contributed by atoms with van der Waals surface area (Å²) in [6.07, 6.45) is 9.73. The van der Waals surface area contributed by atoms with Gasteiger partial charge in [0.2, 0.25) is 5.95 Å². The lowest BCUT2D eigenvalue weighted by atomic mass is 9.97. The van der Waals surface area contributed by atoms with E-state index in [0.717, 1.165) is 18.4 Å². The number of hydrogen-bond acceptors (Lipinski definition) is 4. The Morgan fingerprint density at radius 2 is 2.04 bits per heavy atom. The molecule has 1 heterocycles. The Morgan fingerprint density at radius 3 is 2.81 bits per heavy atom. The predicted octanol–water partition coefficient (Wildman–Crippen LogP) is 4.27. The van der Waals surface area contributed by atoms with Crippen molar-refractivity contribution in [1.29, 1.82) is 0 Å². The van der Waals surface area contributed by atoms with Crippen molar-refractivity contribution in [3.05, 3.63) is 65.5 Å². The molecule has 1 amide bonds. The number of carbonyl (C=O) groups is 1. The molecule has 0 spiro atoms. The van der Waals surface area contributed by atoms with Crippen molar-refractivity contribution in [3.63, 3.8) is 0 Å². The Labute approximate surface area is 155 Å². The highest BCUT2D eigenvalue weighted by Crippen LogP contribution is 2.19. The maximum Gasteiger partial charge on any atom is 0.270 e.